The highest BCUT2D eigenvalue weighted by atomic mass is 31.2. The minimum Gasteiger partial charge on any atom is -0.462 e. The van der Waals surface area contributed by atoms with Crippen LogP contribution in [-0.4, -0.2) is 74.9 Å². The number of likely N-dealkylation sites (N-methyl/N-ethyl adjacent to an activating group) is 1. The molecule has 0 aliphatic heterocycles. The van der Waals surface area contributed by atoms with Crippen molar-refractivity contribution in [2.24, 2.45) is 0 Å². The first-order valence-electron chi connectivity index (χ1n) is 33.8. The molecule has 9 nitrogen and oxygen atoms in total. The van der Waals surface area contributed by atoms with Gasteiger partial charge in [-0.1, -0.05) is 304 Å². The summed E-state index contributed by atoms with van der Waals surface area (Å²) in [5.41, 5.74) is 0. The number of carbonyl (C=O) groups is 2. The molecule has 0 aromatic rings. The summed E-state index contributed by atoms with van der Waals surface area (Å²) >= 11 is 0. The largest absolute Gasteiger partial charge is 0.472 e. The van der Waals surface area contributed by atoms with Crippen molar-refractivity contribution in [3.8, 4) is 0 Å². The Morgan fingerprint density at radius 1 is 0.395 bits per heavy atom. The number of allylic oxidation sites excluding steroid dienone is 14. The number of carbonyl (C=O) groups excluding carboxylic acids is 2. The Kier molecular flexibility index (Phi) is 59.6. The molecular formula is C71H129NO8P+. The van der Waals surface area contributed by atoms with Crippen molar-refractivity contribution in [1.82, 2.24) is 0 Å². The lowest BCUT2D eigenvalue weighted by Crippen LogP contribution is -2.37. The normalized spacial score (nSPS) is 13.7. The van der Waals surface area contributed by atoms with Gasteiger partial charge in [-0.2, -0.15) is 0 Å². The fourth-order valence-electron chi connectivity index (χ4n) is 9.53. The van der Waals surface area contributed by atoms with Crippen molar-refractivity contribution in [3.05, 3.63) is 85.1 Å². The molecule has 0 aromatic heterocycles. The van der Waals surface area contributed by atoms with Crippen LogP contribution in [0.3, 0.4) is 0 Å². The van der Waals surface area contributed by atoms with Gasteiger partial charge in [0.1, 0.15) is 19.8 Å². The summed E-state index contributed by atoms with van der Waals surface area (Å²) in [7, 11) is 1.49. The van der Waals surface area contributed by atoms with Crippen LogP contribution >= 0.6 is 7.82 Å². The van der Waals surface area contributed by atoms with E-state index in [1.165, 1.54) is 193 Å². The van der Waals surface area contributed by atoms with E-state index in [4.69, 9.17) is 18.5 Å². The lowest BCUT2D eigenvalue weighted by molar-refractivity contribution is -0.870. The molecule has 81 heavy (non-hydrogen) atoms. The number of phosphoric ester groups is 1. The van der Waals surface area contributed by atoms with E-state index in [0.717, 1.165) is 77.0 Å². The SMILES string of the molecule is CC/C=C\C/C=C\C/C=C\C/C=C\C/C=C\C/C=C\C/C=C\CCCCCCCCCCCCCCCCCCCC(=O)OC(COC(=O)CCCCCCCCCCCCCCCCCCCC)COP(=O)(O)OCC[N+](C)(C)C. The first kappa shape index (κ1) is 78.2. The molecule has 1 N–H and O–H groups in total. The van der Waals surface area contributed by atoms with E-state index in [-0.39, 0.29) is 25.6 Å². The van der Waals surface area contributed by atoms with Gasteiger partial charge < -0.3 is 18.9 Å². The third-order valence-corrected chi connectivity index (χ3v) is 15.7. The first-order valence-corrected chi connectivity index (χ1v) is 35.3. The number of hydrogen-bond donors (Lipinski definition) is 1. The van der Waals surface area contributed by atoms with Crippen LogP contribution < -0.4 is 0 Å². The van der Waals surface area contributed by atoms with Gasteiger partial charge >= 0.3 is 19.8 Å². The molecule has 0 aliphatic carbocycles. The van der Waals surface area contributed by atoms with Gasteiger partial charge in [-0.25, -0.2) is 4.57 Å². The van der Waals surface area contributed by atoms with Gasteiger partial charge in [0.05, 0.1) is 27.7 Å². The minimum absolute atomic E-state index is 0.0322. The number of esters is 2. The molecule has 0 bridgehead atoms. The van der Waals surface area contributed by atoms with E-state index in [1.807, 2.05) is 21.1 Å². The molecule has 0 saturated carbocycles. The third kappa shape index (κ3) is 66.2. The predicted molar refractivity (Wildman–Crippen MR) is 349 cm³/mol. The van der Waals surface area contributed by atoms with E-state index < -0.39 is 26.5 Å². The Labute approximate surface area is 501 Å². The third-order valence-electron chi connectivity index (χ3n) is 14.7. The molecule has 0 amide bonds. The molecule has 0 saturated heterocycles. The maximum Gasteiger partial charge on any atom is 0.472 e. The molecule has 0 aromatic carbocycles. The molecule has 0 fully saturated rings. The van der Waals surface area contributed by atoms with Gasteiger partial charge in [0.15, 0.2) is 6.10 Å². The van der Waals surface area contributed by atoms with E-state index >= 15 is 0 Å². The molecule has 10 heteroatoms. The van der Waals surface area contributed by atoms with Crippen LogP contribution in [0.1, 0.15) is 303 Å². The topological polar surface area (TPSA) is 108 Å². The molecule has 0 heterocycles. The van der Waals surface area contributed by atoms with E-state index in [9.17, 15) is 19.0 Å². The molecule has 470 valence electrons. The quantitative estimate of drug-likeness (QED) is 0.0211. The van der Waals surface area contributed by atoms with E-state index in [0.29, 0.717) is 23.9 Å². The van der Waals surface area contributed by atoms with Crippen molar-refractivity contribution >= 4 is 19.8 Å². The van der Waals surface area contributed by atoms with Crippen LogP contribution in [0.15, 0.2) is 85.1 Å². The highest BCUT2D eigenvalue weighted by molar-refractivity contribution is 7.47. The average Bonchev–Trinajstić information content (AvgIpc) is 3.43. The Morgan fingerprint density at radius 2 is 0.704 bits per heavy atom. The Bertz CT molecular complexity index is 1640. The van der Waals surface area contributed by atoms with Crippen LogP contribution in [0, 0.1) is 0 Å². The number of ether oxygens (including phenoxy) is 2. The Morgan fingerprint density at radius 3 is 1.05 bits per heavy atom. The summed E-state index contributed by atoms with van der Waals surface area (Å²) < 4.78 is 34.7. The van der Waals surface area contributed by atoms with Crippen molar-refractivity contribution in [1.29, 1.82) is 0 Å². The first-order chi connectivity index (χ1) is 39.5. The van der Waals surface area contributed by atoms with Crippen molar-refractivity contribution in [2.45, 2.75) is 309 Å². The number of phosphoric acid groups is 1. The number of nitrogens with zero attached hydrogens (tertiary/aromatic N) is 1. The second kappa shape index (κ2) is 61.7. The summed E-state index contributed by atoms with van der Waals surface area (Å²) in [6.45, 7) is 4.36. The van der Waals surface area contributed by atoms with E-state index in [2.05, 4.69) is 98.9 Å². The second-order valence-corrected chi connectivity index (χ2v) is 25.3. The van der Waals surface area contributed by atoms with Crippen molar-refractivity contribution in [2.75, 3.05) is 47.5 Å². The fourth-order valence-corrected chi connectivity index (χ4v) is 10.3. The van der Waals surface area contributed by atoms with Crippen LogP contribution in [0.2, 0.25) is 0 Å². The molecule has 0 aliphatic rings. The number of quaternary nitrogens is 1. The lowest BCUT2D eigenvalue weighted by Gasteiger charge is -2.24. The van der Waals surface area contributed by atoms with E-state index in [1.54, 1.807) is 0 Å². The molecule has 0 spiro atoms. The average molecular weight is 1160 g/mol. The molecule has 2 unspecified atom stereocenters. The maximum atomic E-state index is 12.9. The smallest absolute Gasteiger partial charge is 0.462 e. The van der Waals surface area contributed by atoms with Gasteiger partial charge in [0.25, 0.3) is 0 Å². The van der Waals surface area contributed by atoms with Crippen LogP contribution in [0.4, 0.5) is 0 Å². The number of rotatable bonds is 62. The standard InChI is InChI=1S/C71H128NO8P/c1-6-8-10-12-14-16-18-20-22-24-26-27-28-29-30-31-32-33-34-35-36-37-38-39-40-41-42-43-44-45-46-48-50-52-54-56-58-60-62-64-71(74)80-69(68-79-81(75,76)78-66-65-72(3,4)5)67-77-70(73)63-61-59-57-55-53-51-49-47-25-23-21-19-17-15-13-11-9-7-2/h8,10,14,16,20,22,26-27,29-30,32-33,35-36,69H,6-7,9,11-13,15,17-19,21,23-25,28,31,34,37-68H2,1-5H3/p+1/b10-8-,16-14-,22-20-,27-26-,30-29-,33-32-,36-35-. The summed E-state index contributed by atoms with van der Waals surface area (Å²) in [4.78, 5) is 35.8. The van der Waals surface area contributed by atoms with Gasteiger partial charge in [-0.05, 0) is 70.6 Å². The van der Waals surface area contributed by atoms with Crippen LogP contribution in [0.5, 0.6) is 0 Å². The van der Waals surface area contributed by atoms with Crippen LogP contribution in [-0.2, 0) is 32.7 Å². The maximum absolute atomic E-state index is 12.9. The minimum atomic E-state index is -4.39. The van der Waals surface area contributed by atoms with Gasteiger partial charge in [0, 0.05) is 12.8 Å². The lowest BCUT2D eigenvalue weighted by atomic mass is 10.0. The van der Waals surface area contributed by atoms with Gasteiger partial charge in [-0.3, -0.25) is 18.6 Å². The monoisotopic (exact) mass is 1150 g/mol. The van der Waals surface area contributed by atoms with Crippen molar-refractivity contribution in [3.63, 3.8) is 0 Å². The highest BCUT2D eigenvalue weighted by Crippen LogP contribution is 2.43. The summed E-state index contributed by atoms with van der Waals surface area (Å²) in [5, 5.41) is 0. The molecule has 0 rings (SSSR count). The highest BCUT2D eigenvalue weighted by Gasteiger charge is 2.27. The zero-order chi connectivity index (χ0) is 59.1. The molecule has 2 atom stereocenters. The van der Waals surface area contributed by atoms with Gasteiger partial charge in [0.2, 0.25) is 0 Å². The zero-order valence-corrected chi connectivity index (χ0v) is 54.4. The summed E-state index contributed by atoms with van der Waals surface area (Å²) in [6.07, 6.45) is 84.0. The summed E-state index contributed by atoms with van der Waals surface area (Å²) in [6, 6.07) is 0. The number of unbranched alkanes of at least 4 members (excludes halogenated alkanes) is 34. The van der Waals surface area contributed by atoms with Crippen molar-refractivity contribution < 1.29 is 42.1 Å². The zero-order valence-electron chi connectivity index (χ0n) is 53.5. The Hall–Kier alpha value is -2.81. The van der Waals surface area contributed by atoms with Gasteiger partial charge in [-0.15, -0.1) is 0 Å². The molecular weight excluding hydrogens is 1030 g/mol. The number of hydrogen-bond acceptors (Lipinski definition) is 7. The fraction of sp³-hybridized carbons (Fsp3) is 0.775. The van der Waals surface area contributed by atoms with Crippen LogP contribution in [0.25, 0.3) is 0 Å². The second-order valence-electron chi connectivity index (χ2n) is 23.8. The predicted octanol–water partition coefficient (Wildman–Crippen LogP) is 21.8. The molecule has 0 radical (unpaired) electrons. The Balaban J connectivity index is 3.98. The summed E-state index contributed by atoms with van der Waals surface area (Å²) in [5.74, 6) is -0.784.